The lowest BCUT2D eigenvalue weighted by molar-refractivity contribution is -0.213. The summed E-state index contributed by atoms with van der Waals surface area (Å²) in [4.78, 5) is 0. The first-order valence-corrected chi connectivity index (χ1v) is 11.3. The minimum Gasteiger partial charge on any atom is -0.371 e. The van der Waals surface area contributed by atoms with E-state index in [0.29, 0.717) is 13.2 Å². The maximum Gasteiger partial charge on any atom is 0.187 e. The maximum atomic E-state index is 8.60. The Morgan fingerprint density at radius 3 is 1.62 bits per heavy atom. The van der Waals surface area contributed by atoms with E-state index in [9.17, 15) is 0 Å². The summed E-state index contributed by atoms with van der Waals surface area (Å²) in [6, 6.07) is -1.53. The van der Waals surface area contributed by atoms with Crippen LogP contribution in [0, 0.1) is 0 Å². The van der Waals surface area contributed by atoms with E-state index in [0.717, 1.165) is 0 Å². The molecule has 32 heavy (non-hydrogen) atoms. The number of nitrogens with two attached hydrogens (primary N) is 1. The van der Waals surface area contributed by atoms with Gasteiger partial charge in [-0.15, -0.1) is 0 Å². The quantitative estimate of drug-likeness (QED) is 0.558. The Morgan fingerprint density at radius 1 is 0.781 bits per heavy atom. The summed E-state index contributed by atoms with van der Waals surface area (Å²) in [5.41, 5.74) is 6.26. The molecule has 0 saturated carbocycles. The van der Waals surface area contributed by atoms with Crippen molar-refractivity contribution in [2.45, 2.75) is 107 Å². The van der Waals surface area contributed by atoms with Crippen LogP contribution in [0.2, 0.25) is 0 Å². The van der Waals surface area contributed by atoms with Crippen molar-refractivity contribution >= 4 is 0 Å². The first-order chi connectivity index (χ1) is 15.5. The van der Waals surface area contributed by atoms with Crippen molar-refractivity contribution in [3.63, 3.8) is 0 Å². The fourth-order valence-corrected chi connectivity index (χ4v) is 5.41. The van der Waals surface area contributed by atoms with Crippen molar-refractivity contribution < 1.29 is 48.7 Å². The van der Waals surface area contributed by atoms with Gasteiger partial charge in [-0.2, -0.15) is 0 Å². The first kappa shape index (κ1) is 20.9. The summed E-state index contributed by atoms with van der Waals surface area (Å²) >= 11 is 0. The maximum absolute atomic E-state index is 8.60. The van der Waals surface area contributed by atoms with Crippen LogP contribution in [0.15, 0.2) is 0 Å². The molecule has 11 heteroatoms. The lowest BCUT2D eigenvalue weighted by Crippen LogP contribution is -2.55. The molecular formula is C21H33NO10. The van der Waals surface area contributed by atoms with Gasteiger partial charge in [0.15, 0.2) is 24.2 Å². The van der Waals surface area contributed by atoms with E-state index in [2.05, 4.69) is 0 Å². The minimum absolute atomic E-state index is 0.0937. The molecule has 0 aromatic heterocycles. The van der Waals surface area contributed by atoms with E-state index in [4.69, 9.17) is 54.5 Å². The fraction of sp³-hybridized carbons (Fsp3) is 1.00. The van der Waals surface area contributed by atoms with Gasteiger partial charge in [-0.05, 0) is 27.7 Å². The van der Waals surface area contributed by atoms with Crippen LogP contribution in [0.4, 0.5) is 0 Å². The summed E-state index contributed by atoms with van der Waals surface area (Å²) in [6.45, 7) is 7.93. The van der Waals surface area contributed by atoms with Crippen LogP contribution in [0.5, 0.6) is 0 Å². The van der Waals surface area contributed by atoms with Gasteiger partial charge in [-0.3, -0.25) is 0 Å². The fourth-order valence-electron chi connectivity index (χ4n) is 5.41. The molecule has 0 aromatic carbocycles. The zero-order valence-electron chi connectivity index (χ0n) is 19.8. The summed E-state index contributed by atoms with van der Waals surface area (Å²) in [5, 5.41) is 0. The smallest absolute Gasteiger partial charge is 0.187 e. The Kier molecular flexibility index (Phi) is 5.08. The first-order valence-electron chi connectivity index (χ1n) is 11.8. The molecule has 10 atom stereocenters. The van der Waals surface area contributed by atoms with Crippen LogP contribution >= 0.6 is 0 Å². The molecule has 6 aliphatic heterocycles. The van der Waals surface area contributed by atoms with Crippen LogP contribution in [0.1, 0.15) is 29.1 Å². The summed E-state index contributed by atoms with van der Waals surface area (Å²) in [7, 11) is 0. The van der Waals surface area contributed by atoms with Gasteiger partial charge in [0.1, 0.15) is 48.8 Å². The number of hydrogen-bond acceptors (Lipinski definition) is 11. The second-order valence-corrected chi connectivity index (χ2v) is 10.1. The predicted octanol–water partition coefficient (Wildman–Crippen LogP) is -0.365. The Balaban J connectivity index is 1.08. The van der Waals surface area contributed by atoms with Crippen molar-refractivity contribution in [2.75, 3.05) is 26.4 Å². The average Bonchev–Trinajstić information content (AvgIpc) is 3.46. The monoisotopic (exact) mass is 461 g/mol. The normalized spacial score (nSPS) is 50.8. The molecule has 11 nitrogen and oxygen atoms in total. The summed E-state index contributed by atoms with van der Waals surface area (Å²) < 4.78 is 68.0. The van der Waals surface area contributed by atoms with E-state index in [-0.39, 0.29) is 37.6 Å². The van der Waals surface area contributed by atoms with E-state index < -0.39 is 54.6 Å². The molecule has 6 aliphatic rings. The molecule has 6 rings (SSSR count). The Hall–Kier alpha value is -0.440. The van der Waals surface area contributed by atoms with Crippen LogP contribution < -0.4 is 5.73 Å². The minimum atomic E-state index is -1.53. The predicted molar refractivity (Wildman–Crippen MR) is 104 cm³/mol. The van der Waals surface area contributed by atoms with Crippen LogP contribution in [-0.4, -0.2) is 105 Å². The highest BCUT2D eigenvalue weighted by atomic mass is 16.8. The molecule has 182 valence electrons. The standard InChI is InChI=1S/C21H33NO10/c1-20(2)29-14-12(10-7-25-18(27-10)16(14)31-20)23-5-9(22)6-24-13-11-8-26-19(28-11)17-15(13)30-21(3,4)32-17/h9-19H,5-8,22H2,1-4H3/t10-,11-,12-,13-,14+,15+,16+,17+,18-,19-/m1/s1/i9T. The molecule has 0 radical (unpaired) electrons. The third-order valence-electron chi connectivity index (χ3n) is 6.63. The van der Waals surface area contributed by atoms with Crippen molar-refractivity contribution in [1.29, 1.82) is 0 Å². The van der Waals surface area contributed by atoms with E-state index >= 15 is 0 Å². The van der Waals surface area contributed by atoms with E-state index in [1.54, 1.807) is 0 Å². The average molecular weight is 462 g/mol. The van der Waals surface area contributed by atoms with E-state index in [1.165, 1.54) is 0 Å². The number of rotatable bonds is 6. The van der Waals surface area contributed by atoms with Crippen molar-refractivity contribution in [1.82, 2.24) is 0 Å². The highest BCUT2D eigenvalue weighted by Gasteiger charge is 2.60. The lowest BCUT2D eigenvalue weighted by atomic mass is 10.0. The van der Waals surface area contributed by atoms with Gasteiger partial charge in [-0.25, -0.2) is 0 Å². The van der Waals surface area contributed by atoms with Crippen LogP contribution in [-0.2, 0) is 47.4 Å². The van der Waals surface area contributed by atoms with Gasteiger partial charge in [-0.1, -0.05) is 0 Å². The molecule has 0 unspecified atom stereocenters. The molecule has 4 bridgehead atoms. The topological polar surface area (TPSA) is 118 Å². The zero-order chi connectivity index (χ0) is 23.2. The highest BCUT2D eigenvalue weighted by Crippen LogP contribution is 2.43. The third kappa shape index (κ3) is 3.81. The second kappa shape index (κ2) is 7.79. The van der Waals surface area contributed by atoms with Crippen molar-refractivity contribution in [3.05, 3.63) is 0 Å². The van der Waals surface area contributed by atoms with Crippen molar-refractivity contribution in [2.24, 2.45) is 5.73 Å². The number of hydrogen-bond donors (Lipinski definition) is 1. The molecule has 6 fully saturated rings. The van der Waals surface area contributed by atoms with E-state index in [1.807, 2.05) is 27.7 Å². The zero-order valence-corrected chi connectivity index (χ0v) is 18.8. The van der Waals surface area contributed by atoms with Crippen LogP contribution in [0.3, 0.4) is 0 Å². The molecule has 0 aromatic rings. The van der Waals surface area contributed by atoms with Gasteiger partial charge in [0.05, 0.1) is 33.8 Å². The molecule has 6 saturated heterocycles. The van der Waals surface area contributed by atoms with Gasteiger partial charge in [0.2, 0.25) is 0 Å². The number of fused-ring (bicyclic) bond motifs is 8. The third-order valence-corrected chi connectivity index (χ3v) is 6.63. The molecule has 6 heterocycles. The van der Waals surface area contributed by atoms with Gasteiger partial charge in [0, 0.05) is 0 Å². The molecule has 0 spiro atoms. The highest BCUT2D eigenvalue weighted by molar-refractivity contribution is 5.01. The Bertz CT molecular complexity index is 707. The Labute approximate surface area is 188 Å². The summed E-state index contributed by atoms with van der Waals surface area (Å²) in [6.07, 6.45) is -4.03. The molecular weight excluding hydrogens is 426 g/mol. The van der Waals surface area contributed by atoms with Gasteiger partial charge in [0.25, 0.3) is 0 Å². The largest absolute Gasteiger partial charge is 0.371 e. The van der Waals surface area contributed by atoms with Gasteiger partial charge < -0.3 is 53.1 Å². The molecule has 0 amide bonds. The Morgan fingerprint density at radius 2 is 1.19 bits per heavy atom. The molecule has 0 aliphatic carbocycles. The summed E-state index contributed by atoms with van der Waals surface area (Å²) in [5.74, 6) is -1.54. The lowest BCUT2D eigenvalue weighted by Gasteiger charge is -2.36. The van der Waals surface area contributed by atoms with Crippen molar-refractivity contribution in [3.8, 4) is 0 Å². The SMILES string of the molecule is [3H]C(N)(CO[C@H]1[C@@H]2OC(C)(C)O[C@@H]2[C@@H]2OC[C@H]1O2)CO[C@H]1[C@@H]2OC(C)(C)O[C@@H]2[C@@H]2OC[C@H]1O2. The van der Waals surface area contributed by atoms with Gasteiger partial charge >= 0.3 is 0 Å². The molecule has 2 N–H and O–H groups in total. The number of ether oxygens (including phenoxy) is 10. The van der Waals surface area contributed by atoms with Crippen LogP contribution in [0.25, 0.3) is 0 Å². The second-order valence-electron chi connectivity index (χ2n) is 10.1.